The molecule has 1 fully saturated rings. The maximum atomic E-state index is 11.9. The van der Waals surface area contributed by atoms with Crippen molar-refractivity contribution in [1.29, 1.82) is 0 Å². The van der Waals surface area contributed by atoms with Gasteiger partial charge in [-0.3, -0.25) is 4.79 Å². The van der Waals surface area contributed by atoms with Crippen LogP contribution in [0.5, 0.6) is 0 Å². The molecule has 1 aliphatic rings. The van der Waals surface area contributed by atoms with Crippen LogP contribution in [0, 0.1) is 11.8 Å². The molecule has 0 saturated heterocycles. The molecule has 0 aromatic heterocycles. The summed E-state index contributed by atoms with van der Waals surface area (Å²) in [7, 11) is 0. The number of rotatable bonds is 4. The Balaban J connectivity index is 2.21. The summed E-state index contributed by atoms with van der Waals surface area (Å²) in [6.07, 6.45) is -2.75. The van der Waals surface area contributed by atoms with E-state index in [0.717, 1.165) is 12.8 Å². The largest absolute Gasteiger partial charge is 0.389 e. The predicted molar refractivity (Wildman–Crippen MR) is 62.8 cm³/mol. The first-order chi connectivity index (χ1) is 8.29. The standard InChI is InChI=1S/C12H21F3N2O/c1-8-3-4-9(7-10(8)16)11(18)17-6-2-5-12(13,14)15/h8-10H,2-7,16H2,1H3,(H,17,18). The fraction of sp³-hybridized carbons (Fsp3) is 0.917. The van der Waals surface area contributed by atoms with Crippen LogP contribution in [0.15, 0.2) is 0 Å². The Morgan fingerprint density at radius 2 is 2.06 bits per heavy atom. The SMILES string of the molecule is CC1CCC(C(=O)NCCCC(F)(F)F)CC1N. The predicted octanol–water partition coefficient (Wildman–Crippen LogP) is 2.21. The van der Waals surface area contributed by atoms with Gasteiger partial charge >= 0.3 is 6.18 Å². The molecule has 3 unspecified atom stereocenters. The van der Waals surface area contributed by atoms with Crippen LogP contribution in [0.3, 0.4) is 0 Å². The van der Waals surface area contributed by atoms with E-state index in [0.29, 0.717) is 12.3 Å². The van der Waals surface area contributed by atoms with Gasteiger partial charge in [0.15, 0.2) is 0 Å². The molecular formula is C12H21F3N2O. The molecule has 0 bridgehead atoms. The number of amides is 1. The topological polar surface area (TPSA) is 55.1 Å². The summed E-state index contributed by atoms with van der Waals surface area (Å²) >= 11 is 0. The molecule has 1 saturated carbocycles. The minimum absolute atomic E-state index is 0.0182. The van der Waals surface area contributed by atoms with Crippen molar-refractivity contribution in [3.63, 3.8) is 0 Å². The van der Waals surface area contributed by atoms with Gasteiger partial charge in [0, 0.05) is 24.9 Å². The second-order valence-corrected chi connectivity index (χ2v) is 5.16. The second-order valence-electron chi connectivity index (χ2n) is 5.16. The van der Waals surface area contributed by atoms with Gasteiger partial charge in [-0.1, -0.05) is 6.92 Å². The molecule has 0 spiro atoms. The highest BCUT2D eigenvalue weighted by atomic mass is 19.4. The summed E-state index contributed by atoms with van der Waals surface area (Å²) in [6.45, 7) is 2.14. The van der Waals surface area contributed by atoms with Gasteiger partial charge in [-0.2, -0.15) is 13.2 Å². The molecule has 3 nitrogen and oxygen atoms in total. The molecule has 0 radical (unpaired) electrons. The first-order valence-corrected chi connectivity index (χ1v) is 6.39. The van der Waals surface area contributed by atoms with Gasteiger partial charge in [0.25, 0.3) is 0 Å². The van der Waals surface area contributed by atoms with E-state index < -0.39 is 12.6 Å². The third kappa shape index (κ3) is 5.25. The molecule has 106 valence electrons. The molecule has 0 aromatic carbocycles. The highest BCUT2D eigenvalue weighted by Crippen LogP contribution is 2.27. The smallest absolute Gasteiger partial charge is 0.356 e. The van der Waals surface area contributed by atoms with Crippen molar-refractivity contribution in [2.45, 2.75) is 51.2 Å². The first-order valence-electron chi connectivity index (χ1n) is 6.39. The van der Waals surface area contributed by atoms with Crippen LogP contribution >= 0.6 is 0 Å². The van der Waals surface area contributed by atoms with Crippen molar-refractivity contribution in [2.24, 2.45) is 17.6 Å². The van der Waals surface area contributed by atoms with E-state index in [2.05, 4.69) is 12.2 Å². The normalized spacial score (nSPS) is 29.1. The quantitative estimate of drug-likeness (QED) is 0.766. The van der Waals surface area contributed by atoms with E-state index in [-0.39, 0.29) is 30.8 Å². The fourth-order valence-corrected chi connectivity index (χ4v) is 2.24. The lowest BCUT2D eigenvalue weighted by atomic mass is 9.79. The zero-order valence-electron chi connectivity index (χ0n) is 10.6. The van der Waals surface area contributed by atoms with E-state index in [1.54, 1.807) is 0 Å². The van der Waals surface area contributed by atoms with Crippen molar-refractivity contribution >= 4 is 5.91 Å². The van der Waals surface area contributed by atoms with Gasteiger partial charge in [-0.25, -0.2) is 0 Å². The Morgan fingerprint density at radius 1 is 1.39 bits per heavy atom. The van der Waals surface area contributed by atoms with Crippen molar-refractivity contribution in [3.05, 3.63) is 0 Å². The Labute approximate surface area is 105 Å². The van der Waals surface area contributed by atoms with E-state index in [9.17, 15) is 18.0 Å². The highest BCUT2D eigenvalue weighted by Gasteiger charge is 2.30. The maximum absolute atomic E-state index is 11.9. The second kappa shape index (κ2) is 6.41. The van der Waals surface area contributed by atoms with Crippen LogP contribution in [0.1, 0.15) is 39.0 Å². The van der Waals surface area contributed by atoms with Crippen LogP contribution < -0.4 is 11.1 Å². The third-order valence-electron chi connectivity index (χ3n) is 3.57. The summed E-state index contributed by atoms with van der Waals surface area (Å²) < 4.78 is 35.7. The zero-order valence-corrected chi connectivity index (χ0v) is 10.6. The van der Waals surface area contributed by atoms with Crippen LogP contribution in [0.4, 0.5) is 13.2 Å². The average molecular weight is 266 g/mol. The molecule has 3 N–H and O–H groups in total. The lowest BCUT2D eigenvalue weighted by Gasteiger charge is -2.31. The Bertz CT molecular complexity index is 281. The number of carbonyl (C=O) groups excluding carboxylic acids is 1. The number of hydrogen-bond acceptors (Lipinski definition) is 2. The van der Waals surface area contributed by atoms with E-state index in [4.69, 9.17) is 5.73 Å². The van der Waals surface area contributed by atoms with E-state index >= 15 is 0 Å². The molecule has 3 atom stereocenters. The number of alkyl halides is 3. The Kier molecular flexibility index (Phi) is 5.44. The minimum atomic E-state index is -4.15. The summed E-state index contributed by atoms with van der Waals surface area (Å²) in [5.74, 6) is 0.126. The minimum Gasteiger partial charge on any atom is -0.356 e. The molecular weight excluding hydrogens is 245 g/mol. The van der Waals surface area contributed by atoms with Crippen molar-refractivity contribution < 1.29 is 18.0 Å². The van der Waals surface area contributed by atoms with Gasteiger partial charge < -0.3 is 11.1 Å². The van der Waals surface area contributed by atoms with Crippen molar-refractivity contribution in [2.75, 3.05) is 6.54 Å². The fourth-order valence-electron chi connectivity index (χ4n) is 2.24. The molecule has 18 heavy (non-hydrogen) atoms. The van der Waals surface area contributed by atoms with Gasteiger partial charge in [0.1, 0.15) is 0 Å². The summed E-state index contributed by atoms with van der Waals surface area (Å²) in [5, 5.41) is 2.57. The molecule has 1 rings (SSSR count). The number of hydrogen-bond donors (Lipinski definition) is 2. The lowest BCUT2D eigenvalue weighted by molar-refractivity contribution is -0.136. The maximum Gasteiger partial charge on any atom is 0.389 e. The van der Waals surface area contributed by atoms with Gasteiger partial charge in [-0.05, 0) is 31.6 Å². The number of halogens is 3. The van der Waals surface area contributed by atoms with Crippen LogP contribution in [-0.4, -0.2) is 24.7 Å². The van der Waals surface area contributed by atoms with E-state index in [1.165, 1.54) is 0 Å². The average Bonchev–Trinajstić information content (AvgIpc) is 2.26. The van der Waals surface area contributed by atoms with Crippen molar-refractivity contribution in [3.8, 4) is 0 Å². The third-order valence-corrected chi connectivity index (χ3v) is 3.57. The molecule has 0 aromatic rings. The summed E-state index contributed by atoms with van der Waals surface area (Å²) in [5.41, 5.74) is 5.89. The monoisotopic (exact) mass is 266 g/mol. The first kappa shape index (κ1) is 15.3. The highest BCUT2D eigenvalue weighted by molar-refractivity contribution is 5.78. The summed E-state index contributed by atoms with van der Waals surface area (Å²) in [6, 6.07) is 0.0182. The molecule has 0 aliphatic heterocycles. The zero-order chi connectivity index (χ0) is 13.8. The lowest BCUT2D eigenvalue weighted by Crippen LogP contribution is -2.41. The van der Waals surface area contributed by atoms with Gasteiger partial charge in [-0.15, -0.1) is 0 Å². The molecule has 1 amide bonds. The molecule has 1 aliphatic carbocycles. The van der Waals surface area contributed by atoms with Crippen LogP contribution in [-0.2, 0) is 4.79 Å². The van der Waals surface area contributed by atoms with Gasteiger partial charge in [0.2, 0.25) is 5.91 Å². The Hall–Kier alpha value is -0.780. The number of nitrogens with one attached hydrogen (secondary N) is 1. The molecule has 6 heteroatoms. The van der Waals surface area contributed by atoms with Gasteiger partial charge in [0.05, 0.1) is 0 Å². The number of nitrogens with two attached hydrogens (primary N) is 1. The van der Waals surface area contributed by atoms with Crippen LogP contribution in [0.2, 0.25) is 0 Å². The van der Waals surface area contributed by atoms with Crippen molar-refractivity contribution in [1.82, 2.24) is 5.32 Å². The summed E-state index contributed by atoms with van der Waals surface area (Å²) in [4.78, 5) is 11.7. The van der Waals surface area contributed by atoms with E-state index in [1.807, 2.05) is 0 Å². The number of carbonyl (C=O) groups is 1. The Morgan fingerprint density at radius 3 is 2.61 bits per heavy atom. The van der Waals surface area contributed by atoms with Crippen LogP contribution in [0.25, 0.3) is 0 Å². The molecule has 0 heterocycles.